The molecule has 0 bridgehead atoms. The van der Waals surface area contributed by atoms with Gasteiger partial charge in [0.1, 0.15) is 0 Å². The standard InChI is InChI=1S/C11H17F3N2/c1-2-3-4-5-6-7-9-8-10(16-15-9)11(12,13)14/h8H,2-7H2,1H3,(H,15,16). The molecule has 16 heavy (non-hydrogen) atoms. The van der Waals surface area contributed by atoms with E-state index in [1.807, 2.05) is 0 Å². The van der Waals surface area contributed by atoms with Gasteiger partial charge in [0, 0.05) is 5.69 Å². The van der Waals surface area contributed by atoms with Crippen molar-refractivity contribution in [1.82, 2.24) is 10.2 Å². The zero-order valence-corrected chi connectivity index (χ0v) is 9.40. The summed E-state index contributed by atoms with van der Waals surface area (Å²) in [4.78, 5) is 0. The predicted molar refractivity (Wildman–Crippen MR) is 56.1 cm³/mol. The Hall–Kier alpha value is -1.00. The molecule has 1 N–H and O–H groups in total. The summed E-state index contributed by atoms with van der Waals surface area (Å²) in [7, 11) is 0. The summed E-state index contributed by atoms with van der Waals surface area (Å²) in [6.07, 6.45) is 1.80. The van der Waals surface area contributed by atoms with E-state index in [0.717, 1.165) is 25.3 Å². The first-order chi connectivity index (χ1) is 7.54. The van der Waals surface area contributed by atoms with Crippen molar-refractivity contribution < 1.29 is 13.2 Å². The van der Waals surface area contributed by atoms with E-state index in [-0.39, 0.29) is 0 Å². The average Bonchev–Trinajstić information content (AvgIpc) is 2.65. The maximum Gasteiger partial charge on any atom is 0.435 e. The van der Waals surface area contributed by atoms with Crippen molar-refractivity contribution >= 4 is 0 Å². The van der Waals surface area contributed by atoms with Gasteiger partial charge in [0.2, 0.25) is 0 Å². The zero-order valence-electron chi connectivity index (χ0n) is 9.40. The Labute approximate surface area is 93.2 Å². The Morgan fingerprint density at radius 2 is 1.88 bits per heavy atom. The van der Waals surface area contributed by atoms with Crippen LogP contribution in [0.3, 0.4) is 0 Å². The van der Waals surface area contributed by atoms with Crippen molar-refractivity contribution in [3.8, 4) is 0 Å². The fraction of sp³-hybridized carbons (Fsp3) is 0.727. The van der Waals surface area contributed by atoms with Crippen LogP contribution < -0.4 is 0 Å². The molecular weight excluding hydrogens is 217 g/mol. The molecule has 92 valence electrons. The van der Waals surface area contributed by atoms with Crippen LogP contribution in [0.2, 0.25) is 0 Å². The van der Waals surface area contributed by atoms with Crippen molar-refractivity contribution in [2.24, 2.45) is 0 Å². The van der Waals surface area contributed by atoms with Crippen molar-refractivity contribution in [1.29, 1.82) is 0 Å². The number of nitrogens with zero attached hydrogens (tertiary/aromatic N) is 1. The van der Waals surface area contributed by atoms with Crippen LogP contribution in [0.25, 0.3) is 0 Å². The fourth-order valence-electron chi connectivity index (χ4n) is 1.55. The number of unbranched alkanes of at least 4 members (excludes halogenated alkanes) is 4. The van der Waals surface area contributed by atoms with Gasteiger partial charge in [-0.15, -0.1) is 0 Å². The third-order valence-electron chi connectivity index (χ3n) is 2.47. The monoisotopic (exact) mass is 234 g/mol. The second kappa shape index (κ2) is 5.92. The highest BCUT2D eigenvalue weighted by molar-refractivity contribution is 5.11. The van der Waals surface area contributed by atoms with Gasteiger partial charge in [-0.05, 0) is 18.9 Å². The Balaban J connectivity index is 2.30. The minimum Gasteiger partial charge on any atom is -0.282 e. The van der Waals surface area contributed by atoms with Crippen LogP contribution in [0, 0.1) is 0 Å². The Morgan fingerprint density at radius 3 is 2.44 bits per heavy atom. The molecule has 0 aliphatic rings. The van der Waals surface area contributed by atoms with Gasteiger partial charge in [-0.3, -0.25) is 5.10 Å². The molecule has 0 aliphatic carbocycles. The highest BCUT2D eigenvalue weighted by Crippen LogP contribution is 2.27. The number of hydrogen-bond donors (Lipinski definition) is 1. The molecule has 5 heteroatoms. The number of rotatable bonds is 6. The topological polar surface area (TPSA) is 28.7 Å². The van der Waals surface area contributed by atoms with Crippen LogP contribution in [0.5, 0.6) is 0 Å². The lowest BCUT2D eigenvalue weighted by molar-refractivity contribution is -0.141. The summed E-state index contributed by atoms with van der Waals surface area (Å²) in [5.41, 5.74) is -0.250. The highest BCUT2D eigenvalue weighted by atomic mass is 19.4. The van der Waals surface area contributed by atoms with E-state index in [1.165, 1.54) is 12.8 Å². The summed E-state index contributed by atoms with van der Waals surface area (Å²) < 4.78 is 36.6. The van der Waals surface area contributed by atoms with E-state index in [2.05, 4.69) is 17.1 Å². The minimum atomic E-state index is -4.34. The SMILES string of the molecule is CCCCCCCc1cc(C(F)(F)F)n[nH]1. The third kappa shape index (κ3) is 4.24. The zero-order chi connectivity index (χ0) is 12.0. The average molecular weight is 234 g/mol. The van der Waals surface area contributed by atoms with E-state index in [4.69, 9.17) is 0 Å². The Bertz CT molecular complexity index is 304. The largest absolute Gasteiger partial charge is 0.435 e. The van der Waals surface area contributed by atoms with E-state index in [1.54, 1.807) is 0 Å². The van der Waals surface area contributed by atoms with Crippen LogP contribution in [0.15, 0.2) is 6.07 Å². The fourth-order valence-corrected chi connectivity index (χ4v) is 1.55. The number of alkyl halides is 3. The number of aromatic amines is 1. The molecule has 0 radical (unpaired) electrons. The molecular formula is C11H17F3N2. The molecule has 1 aromatic rings. The van der Waals surface area contributed by atoms with Gasteiger partial charge < -0.3 is 0 Å². The minimum absolute atomic E-state index is 0.573. The highest BCUT2D eigenvalue weighted by Gasteiger charge is 2.33. The second-order valence-corrected chi connectivity index (χ2v) is 3.94. The molecule has 0 saturated carbocycles. The van der Waals surface area contributed by atoms with Crippen molar-refractivity contribution in [2.45, 2.75) is 51.6 Å². The number of aromatic nitrogens is 2. The molecule has 0 amide bonds. The molecule has 0 aromatic carbocycles. The number of nitrogens with one attached hydrogen (secondary N) is 1. The van der Waals surface area contributed by atoms with Gasteiger partial charge in [0.25, 0.3) is 0 Å². The van der Waals surface area contributed by atoms with Crippen LogP contribution in [0.4, 0.5) is 13.2 Å². The van der Waals surface area contributed by atoms with E-state index in [9.17, 15) is 13.2 Å². The van der Waals surface area contributed by atoms with Crippen LogP contribution >= 0.6 is 0 Å². The number of halogens is 3. The van der Waals surface area contributed by atoms with Gasteiger partial charge in [-0.2, -0.15) is 18.3 Å². The van der Waals surface area contributed by atoms with E-state index in [0.29, 0.717) is 12.1 Å². The first-order valence-corrected chi connectivity index (χ1v) is 5.65. The normalized spacial score (nSPS) is 12.0. The maximum absolute atomic E-state index is 12.2. The summed E-state index contributed by atoms with van der Waals surface area (Å²) in [5.74, 6) is 0. The van der Waals surface area contributed by atoms with E-state index >= 15 is 0 Å². The van der Waals surface area contributed by atoms with Gasteiger partial charge in [-0.25, -0.2) is 0 Å². The molecule has 0 aliphatic heterocycles. The van der Waals surface area contributed by atoms with Gasteiger partial charge >= 0.3 is 6.18 Å². The molecule has 0 fully saturated rings. The lowest BCUT2D eigenvalue weighted by Gasteiger charge is -1.99. The van der Waals surface area contributed by atoms with Crippen molar-refractivity contribution in [3.05, 3.63) is 17.5 Å². The predicted octanol–water partition coefficient (Wildman–Crippen LogP) is 3.94. The number of H-pyrrole nitrogens is 1. The van der Waals surface area contributed by atoms with Gasteiger partial charge in [0.15, 0.2) is 5.69 Å². The van der Waals surface area contributed by atoms with Crippen LogP contribution in [-0.2, 0) is 12.6 Å². The molecule has 1 heterocycles. The van der Waals surface area contributed by atoms with Gasteiger partial charge in [0.05, 0.1) is 0 Å². The first kappa shape index (κ1) is 13.1. The molecule has 1 aromatic heterocycles. The third-order valence-corrected chi connectivity index (χ3v) is 2.47. The maximum atomic E-state index is 12.2. The van der Waals surface area contributed by atoms with Crippen LogP contribution in [-0.4, -0.2) is 10.2 Å². The Kier molecular flexibility index (Phi) is 4.83. The molecule has 0 spiro atoms. The summed E-state index contributed by atoms with van der Waals surface area (Å²) in [6.45, 7) is 2.13. The smallest absolute Gasteiger partial charge is 0.282 e. The second-order valence-electron chi connectivity index (χ2n) is 3.94. The lowest BCUT2D eigenvalue weighted by atomic mass is 10.1. The van der Waals surface area contributed by atoms with Crippen molar-refractivity contribution in [2.75, 3.05) is 0 Å². The first-order valence-electron chi connectivity index (χ1n) is 5.65. The van der Waals surface area contributed by atoms with E-state index < -0.39 is 11.9 Å². The summed E-state index contributed by atoms with van der Waals surface area (Å²) in [5, 5.41) is 5.69. The van der Waals surface area contributed by atoms with Crippen molar-refractivity contribution in [3.63, 3.8) is 0 Å². The summed E-state index contributed by atoms with van der Waals surface area (Å²) in [6, 6.07) is 1.10. The molecule has 0 unspecified atom stereocenters. The Morgan fingerprint density at radius 1 is 1.19 bits per heavy atom. The number of hydrogen-bond acceptors (Lipinski definition) is 1. The molecule has 1 rings (SSSR count). The van der Waals surface area contributed by atoms with Crippen LogP contribution in [0.1, 0.15) is 50.4 Å². The summed E-state index contributed by atoms with van der Waals surface area (Å²) >= 11 is 0. The molecule has 0 atom stereocenters. The quantitative estimate of drug-likeness (QED) is 0.742. The molecule has 0 saturated heterocycles. The number of aryl methyl sites for hydroxylation is 1. The van der Waals surface area contributed by atoms with Gasteiger partial charge in [-0.1, -0.05) is 32.6 Å². The lowest BCUT2D eigenvalue weighted by Crippen LogP contribution is -2.04. The molecule has 2 nitrogen and oxygen atoms in total.